The number of aromatic nitrogens is 2. The third kappa shape index (κ3) is 2.10. The summed E-state index contributed by atoms with van der Waals surface area (Å²) in [7, 11) is 1.55. The number of rotatable bonds is 4. The summed E-state index contributed by atoms with van der Waals surface area (Å²) < 4.78 is 1.31. The van der Waals surface area contributed by atoms with Gasteiger partial charge in [-0.3, -0.25) is 14.9 Å². The first-order valence-electron chi connectivity index (χ1n) is 4.58. The minimum atomic E-state index is -0.700. The molecule has 0 aromatic carbocycles. The van der Waals surface area contributed by atoms with Gasteiger partial charge in [-0.2, -0.15) is 5.10 Å². The van der Waals surface area contributed by atoms with Gasteiger partial charge >= 0.3 is 5.69 Å². The van der Waals surface area contributed by atoms with Crippen LogP contribution in [-0.4, -0.2) is 26.7 Å². The number of nitro groups is 1. The van der Waals surface area contributed by atoms with Gasteiger partial charge < -0.3 is 11.1 Å². The summed E-state index contributed by atoms with van der Waals surface area (Å²) in [6.07, 6.45) is 0. The lowest BCUT2D eigenvalue weighted by atomic mass is 10.3. The fourth-order valence-corrected chi connectivity index (χ4v) is 1.30. The number of carbonyl (C=O) groups excluding carboxylic acids is 1. The second kappa shape index (κ2) is 4.17. The minimum absolute atomic E-state index is 0.143. The lowest BCUT2D eigenvalue weighted by molar-refractivity contribution is -0.384. The van der Waals surface area contributed by atoms with Crippen LogP contribution in [0.5, 0.6) is 0 Å². The van der Waals surface area contributed by atoms with E-state index in [0.717, 1.165) is 0 Å². The molecule has 0 radical (unpaired) electrons. The maximum atomic E-state index is 10.9. The summed E-state index contributed by atoms with van der Waals surface area (Å²) in [6.45, 7) is 3.05. The lowest BCUT2D eigenvalue weighted by Gasteiger charge is -2.10. The van der Waals surface area contributed by atoms with E-state index in [1.807, 2.05) is 0 Å². The van der Waals surface area contributed by atoms with Crippen LogP contribution in [0, 0.1) is 17.0 Å². The molecule has 1 rings (SSSR count). The van der Waals surface area contributed by atoms with Crippen molar-refractivity contribution in [3.8, 4) is 0 Å². The van der Waals surface area contributed by atoms with Crippen LogP contribution in [0.2, 0.25) is 0 Å². The molecule has 3 N–H and O–H groups in total. The molecule has 16 heavy (non-hydrogen) atoms. The Morgan fingerprint density at radius 1 is 1.69 bits per heavy atom. The average Bonchev–Trinajstić information content (AvgIpc) is 2.41. The first-order chi connectivity index (χ1) is 7.34. The lowest BCUT2D eigenvalue weighted by Crippen LogP contribution is -2.33. The summed E-state index contributed by atoms with van der Waals surface area (Å²) in [5.74, 6) is -0.415. The Kier molecular flexibility index (Phi) is 3.11. The quantitative estimate of drug-likeness (QED) is 0.551. The van der Waals surface area contributed by atoms with E-state index in [9.17, 15) is 14.9 Å². The Morgan fingerprint density at radius 2 is 2.25 bits per heavy atom. The number of nitrogens with one attached hydrogen (secondary N) is 1. The summed E-state index contributed by atoms with van der Waals surface area (Å²) in [5.41, 5.74) is 5.21. The van der Waals surface area contributed by atoms with Crippen molar-refractivity contribution < 1.29 is 9.72 Å². The molecule has 1 amide bonds. The fraction of sp³-hybridized carbons (Fsp3) is 0.500. The van der Waals surface area contributed by atoms with Crippen molar-refractivity contribution in [2.24, 2.45) is 12.8 Å². The van der Waals surface area contributed by atoms with E-state index in [0.29, 0.717) is 0 Å². The predicted molar refractivity (Wildman–Crippen MR) is 56.9 cm³/mol. The van der Waals surface area contributed by atoms with Gasteiger partial charge in [0.25, 0.3) is 0 Å². The van der Waals surface area contributed by atoms with Crippen molar-refractivity contribution in [1.29, 1.82) is 0 Å². The van der Waals surface area contributed by atoms with Crippen LogP contribution in [-0.2, 0) is 11.8 Å². The van der Waals surface area contributed by atoms with Gasteiger partial charge in [-0.1, -0.05) is 0 Å². The van der Waals surface area contributed by atoms with Gasteiger partial charge in [0.15, 0.2) is 0 Å². The second-order valence-corrected chi connectivity index (χ2v) is 3.43. The first kappa shape index (κ1) is 12.0. The third-order valence-electron chi connectivity index (χ3n) is 2.15. The van der Waals surface area contributed by atoms with Crippen molar-refractivity contribution >= 4 is 17.4 Å². The molecular formula is C8H13N5O3. The molecule has 0 spiro atoms. The summed E-state index contributed by atoms with van der Waals surface area (Å²) in [5, 5.41) is 17.4. The molecule has 1 unspecified atom stereocenters. The highest BCUT2D eigenvalue weighted by molar-refractivity contribution is 5.83. The largest absolute Gasteiger partial charge is 0.368 e. The molecular weight excluding hydrogens is 214 g/mol. The monoisotopic (exact) mass is 227 g/mol. The zero-order valence-corrected chi connectivity index (χ0v) is 9.22. The number of primary amides is 1. The van der Waals surface area contributed by atoms with Gasteiger partial charge in [0.05, 0.1) is 4.92 Å². The van der Waals surface area contributed by atoms with E-state index < -0.39 is 16.9 Å². The van der Waals surface area contributed by atoms with E-state index in [4.69, 9.17) is 5.73 Å². The highest BCUT2D eigenvalue weighted by Gasteiger charge is 2.25. The average molecular weight is 227 g/mol. The number of aryl methyl sites for hydroxylation is 2. The highest BCUT2D eigenvalue weighted by atomic mass is 16.6. The van der Waals surface area contributed by atoms with Gasteiger partial charge in [0.1, 0.15) is 11.7 Å². The van der Waals surface area contributed by atoms with Gasteiger partial charge in [0.2, 0.25) is 11.7 Å². The van der Waals surface area contributed by atoms with Crippen LogP contribution in [0.4, 0.5) is 11.5 Å². The van der Waals surface area contributed by atoms with E-state index in [-0.39, 0.29) is 17.2 Å². The third-order valence-corrected chi connectivity index (χ3v) is 2.15. The van der Waals surface area contributed by atoms with Crippen molar-refractivity contribution in [2.75, 3.05) is 5.32 Å². The highest BCUT2D eigenvalue weighted by Crippen LogP contribution is 2.27. The van der Waals surface area contributed by atoms with Gasteiger partial charge in [0, 0.05) is 7.05 Å². The number of carbonyl (C=O) groups is 1. The van der Waals surface area contributed by atoms with Crippen LogP contribution in [0.25, 0.3) is 0 Å². The maximum absolute atomic E-state index is 10.9. The second-order valence-electron chi connectivity index (χ2n) is 3.43. The minimum Gasteiger partial charge on any atom is -0.368 e. The first-order valence-corrected chi connectivity index (χ1v) is 4.58. The Hall–Kier alpha value is -2.12. The molecule has 0 aliphatic heterocycles. The van der Waals surface area contributed by atoms with Gasteiger partial charge in [-0.15, -0.1) is 0 Å². The number of anilines is 1. The van der Waals surface area contributed by atoms with Crippen LogP contribution in [0.3, 0.4) is 0 Å². The van der Waals surface area contributed by atoms with Gasteiger partial charge in [-0.25, -0.2) is 4.68 Å². The Bertz CT molecular complexity index is 439. The van der Waals surface area contributed by atoms with E-state index in [1.54, 1.807) is 7.05 Å². The summed E-state index contributed by atoms with van der Waals surface area (Å²) >= 11 is 0. The summed E-state index contributed by atoms with van der Waals surface area (Å²) in [6, 6.07) is -0.700. The molecule has 1 aromatic rings. The Morgan fingerprint density at radius 3 is 2.69 bits per heavy atom. The fourth-order valence-electron chi connectivity index (χ4n) is 1.30. The molecule has 0 saturated heterocycles. The molecule has 0 bridgehead atoms. The van der Waals surface area contributed by atoms with Crippen LogP contribution in [0.15, 0.2) is 0 Å². The van der Waals surface area contributed by atoms with Crippen molar-refractivity contribution in [3.63, 3.8) is 0 Å². The number of hydrogen-bond donors (Lipinski definition) is 2. The standard InChI is InChI=1S/C8H13N5O3/c1-4-6(13(15)16)8(12(3)11-4)10-5(2)7(9)14/h5,10H,1-3H3,(H2,9,14). The zero-order chi connectivity index (χ0) is 12.5. The van der Waals surface area contributed by atoms with Gasteiger partial charge in [-0.05, 0) is 13.8 Å². The molecule has 1 heterocycles. The molecule has 0 fully saturated rings. The summed E-state index contributed by atoms with van der Waals surface area (Å²) in [4.78, 5) is 21.1. The number of nitrogens with zero attached hydrogens (tertiary/aromatic N) is 3. The molecule has 0 aliphatic carbocycles. The Balaban J connectivity index is 3.12. The zero-order valence-electron chi connectivity index (χ0n) is 9.22. The molecule has 8 nitrogen and oxygen atoms in total. The van der Waals surface area contributed by atoms with Crippen LogP contribution in [0.1, 0.15) is 12.6 Å². The van der Waals surface area contributed by atoms with Crippen molar-refractivity contribution in [2.45, 2.75) is 19.9 Å². The molecule has 1 atom stereocenters. The molecule has 0 saturated carbocycles. The number of nitrogens with two attached hydrogens (primary N) is 1. The van der Waals surface area contributed by atoms with Crippen LogP contribution < -0.4 is 11.1 Å². The SMILES string of the molecule is Cc1nn(C)c(NC(C)C(N)=O)c1[N+](=O)[O-]. The number of amides is 1. The molecule has 88 valence electrons. The number of hydrogen-bond acceptors (Lipinski definition) is 5. The topological polar surface area (TPSA) is 116 Å². The predicted octanol–water partition coefficient (Wildman–Crippen LogP) is -0.0776. The van der Waals surface area contributed by atoms with E-state index in [2.05, 4.69) is 10.4 Å². The molecule has 1 aromatic heterocycles. The molecule has 0 aliphatic rings. The van der Waals surface area contributed by atoms with Crippen molar-refractivity contribution in [3.05, 3.63) is 15.8 Å². The van der Waals surface area contributed by atoms with Crippen LogP contribution >= 0.6 is 0 Å². The van der Waals surface area contributed by atoms with E-state index in [1.165, 1.54) is 18.5 Å². The smallest absolute Gasteiger partial charge is 0.333 e. The van der Waals surface area contributed by atoms with Crippen molar-refractivity contribution in [1.82, 2.24) is 9.78 Å². The van der Waals surface area contributed by atoms with E-state index >= 15 is 0 Å². The Labute approximate surface area is 91.6 Å². The normalized spacial score (nSPS) is 12.2. The maximum Gasteiger partial charge on any atom is 0.333 e. The molecule has 8 heteroatoms.